The van der Waals surface area contributed by atoms with Crippen molar-refractivity contribution in [2.24, 2.45) is 0 Å². The quantitative estimate of drug-likeness (QED) is 0.273. The van der Waals surface area contributed by atoms with Gasteiger partial charge in [-0.15, -0.1) is 0 Å². The maximum Gasteiger partial charge on any atom is 0.345 e. The van der Waals surface area contributed by atoms with Crippen molar-refractivity contribution in [1.29, 1.82) is 0 Å². The van der Waals surface area contributed by atoms with Crippen LogP contribution in [0, 0.1) is 0 Å². The van der Waals surface area contributed by atoms with Gasteiger partial charge < -0.3 is 4.74 Å². The fourth-order valence-corrected chi connectivity index (χ4v) is 2.61. The summed E-state index contributed by atoms with van der Waals surface area (Å²) in [4.78, 5) is 12.0. The normalized spacial score (nSPS) is 10.4. The molecule has 0 amide bonds. The highest BCUT2D eigenvalue weighted by Gasteiger charge is 2.20. The van der Waals surface area contributed by atoms with E-state index in [-0.39, 0.29) is 36.4 Å². The predicted octanol–water partition coefficient (Wildman–Crippen LogP) is 6.17. The SMILES string of the molecule is O=C(Oc1c(Cl)cc(Cl)c(Cl)c1Cl)c1ccccc1Cl. The van der Waals surface area contributed by atoms with Crippen molar-refractivity contribution in [2.45, 2.75) is 0 Å². The monoisotopic (exact) mass is 368 g/mol. The van der Waals surface area contributed by atoms with Crippen molar-refractivity contribution in [3.63, 3.8) is 0 Å². The highest BCUT2D eigenvalue weighted by Crippen LogP contribution is 2.42. The van der Waals surface area contributed by atoms with E-state index in [1.54, 1.807) is 18.2 Å². The lowest BCUT2D eigenvalue weighted by atomic mass is 10.2. The van der Waals surface area contributed by atoms with E-state index in [4.69, 9.17) is 62.7 Å². The summed E-state index contributed by atoms with van der Waals surface area (Å²) in [6, 6.07) is 7.77. The van der Waals surface area contributed by atoms with E-state index < -0.39 is 5.97 Å². The van der Waals surface area contributed by atoms with E-state index in [2.05, 4.69) is 0 Å². The van der Waals surface area contributed by atoms with Crippen LogP contribution >= 0.6 is 58.0 Å². The molecule has 7 heteroatoms. The number of carbonyl (C=O) groups is 1. The van der Waals surface area contributed by atoms with Crippen molar-refractivity contribution in [2.75, 3.05) is 0 Å². The van der Waals surface area contributed by atoms with Crippen LogP contribution in [0.25, 0.3) is 0 Å². The van der Waals surface area contributed by atoms with Crippen molar-refractivity contribution < 1.29 is 9.53 Å². The number of halogens is 5. The van der Waals surface area contributed by atoms with Gasteiger partial charge in [-0.1, -0.05) is 70.1 Å². The zero-order valence-corrected chi connectivity index (χ0v) is 13.4. The summed E-state index contributed by atoms with van der Waals surface area (Å²) >= 11 is 29.5. The lowest BCUT2D eigenvalue weighted by molar-refractivity contribution is 0.0735. The third-order valence-corrected chi connectivity index (χ3v) is 4.22. The number of rotatable bonds is 2. The molecule has 0 atom stereocenters. The third kappa shape index (κ3) is 3.16. The number of esters is 1. The molecule has 0 unspecified atom stereocenters. The standard InChI is InChI=1S/C13H5Cl5O2/c14-7-4-2-1-3-6(7)13(19)20-12-9(16)5-8(15)10(17)11(12)18/h1-5H. The van der Waals surface area contributed by atoms with Crippen LogP contribution in [0.2, 0.25) is 25.1 Å². The summed E-state index contributed by atoms with van der Waals surface area (Å²) in [5.41, 5.74) is 0.187. The third-order valence-electron chi connectivity index (χ3n) is 2.36. The molecular formula is C13H5Cl5O2. The molecular weight excluding hydrogens is 365 g/mol. The summed E-state index contributed by atoms with van der Waals surface area (Å²) in [6.45, 7) is 0. The predicted molar refractivity (Wildman–Crippen MR) is 82.9 cm³/mol. The maximum atomic E-state index is 12.0. The first-order valence-electron chi connectivity index (χ1n) is 5.21. The Morgan fingerprint density at radius 1 is 0.850 bits per heavy atom. The average Bonchev–Trinajstić information content (AvgIpc) is 2.41. The second-order valence-corrected chi connectivity index (χ2v) is 5.64. The highest BCUT2D eigenvalue weighted by molar-refractivity contribution is 6.50. The Kier molecular flexibility index (Phi) is 5.05. The van der Waals surface area contributed by atoms with Gasteiger partial charge in [-0.2, -0.15) is 0 Å². The van der Waals surface area contributed by atoms with Gasteiger partial charge in [0, 0.05) is 0 Å². The van der Waals surface area contributed by atoms with Gasteiger partial charge in [0.1, 0.15) is 5.02 Å². The summed E-state index contributed by atoms with van der Waals surface area (Å²) in [7, 11) is 0. The van der Waals surface area contributed by atoms with Crippen LogP contribution in [0.15, 0.2) is 30.3 Å². The van der Waals surface area contributed by atoms with E-state index in [1.807, 2.05) is 0 Å². The second-order valence-electron chi connectivity index (χ2n) is 3.67. The van der Waals surface area contributed by atoms with Crippen LogP contribution in [-0.2, 0) is 0 Å². The average molecular weight is 370 g/mol. The Labute approximate surface area is 140 Å². The minimum Gasteiger partial charge on any atom is -0.420 e. The number of hydrogen-bond acceptors (Lipinski definition) is 2. The lowest BCUT2D eigenvalue weighted by Gasteiger charge is -2.11. The molecule has 2 rings (SSSR count). The molecule has 104 valence electrons. The van der Waals surface area contributed by atoms with Crippen LogP contribution < -0.4 is 4.74 Å². The van der Waals surface area contributed by atoms with E-state index in [9.17, 15) is 4.79 Å². The molecule has 0 aliphatic heterocycles. The Morgan fingerprint density at radius 3 is 2.15 bits per heavy atom. The smallest absolute Gasteiger partial charge is 0.345 e. The molecule has 2 nitrogen and oxygen atoms in total. The van der Waals surface area contributed by atoms with Gasteiger partial charge in [-0.05, 0) is 18.2 Å². The summed E-state index contributed by atoms with van der Waals surface area (Å²) in [5.74, 6) is -0.759. The number of hydrogen-bond donors (Lipinski definition) is 0. The van der Waals surface area contributed by atoms with Gasteiger partial charge in [0.15, 0.2) is 5.75 Å². The highest BCUT2D eigenvalue weighted by atomic mass is 35.5. The Hall–Kier alpha value is -0.640. The fraction of sp³-hybridized carbons (Fsp3) is 0. The van der Waals surface area contributed by atoms with E-state index >= 15 is 0 Å². The van der Waals surface area contributed by atoms with Crippen LogP contribution in [0.5, 0.6) is 5.75 Å². The van der Waals surface area contributed by atoms with Gasteiger partial charge in [0.2, 0.25) is 0 Å². The van der Waals surface area contributed by atoms with Crippen molar-refractivity contribution >= 4 is 64.0 Å². The summed E-state index contributed by atoms with van der Waals surface area (Å²) < 4.78 is 5.15. The van der Waals surface area contributed by atoms with Crippen molar-refractivity contribution in [3.8, 4) is 5.75 Å². The molecule has 0 saturated heterocycles. The molecule has 0 aliphatic rings. The molecule has 0 fully saturated rings. The minimum absolute atomic E-state index is 0.0374. The fourth-order valence-electron chi connectivity index (χ4n) is 1.42. The van der Waals surface area contributed by atoms with E-state index in [1.165, 1.54) is 12.1 Å². The van der Waals surface area contributed by atoms with Crippen LogP contribution in [0.4, 0.5) is 0 Å². The number of carbonyl (C=O) groups excluding carboxylic acids is 1. The van der Waals surface area contributed by atoms with Crippen LogP contribution in [0.3, 0.4) is 0 Å². The zero-order chi connectivity index (χ0) is 14.9. The molecule has 0 heterocycles. The van der Waals surface area contributed by atoms with Gasteiger partial charge in [0.25, 0.3) is 0 Å². The molecule has 0 N–H and O–H groups in total. The van der Waals surface area contributed by atoms with Gasteiger partial charge >= 0.3 is 5.97 Å². The second kappa shape index (κ2) is 6.42. The maximum absolute atomic E-state index is 12.0. The molecule has 2 aromatic rings. The summed E-state index contributed by atoms with van der Waals surface area (Å²) in [5, 5.41) is 0.512. The van der Waals surface area contributed by atoms with Crippen LogP contribution in [-0.4, -0.2) is 5.97 Å². The number of ether oxygens (including phenoxy) is 1. The molecule has 2 aromatic carbocycles. The number of benzene rings is 2. The van der Waals surface area contributed by atoms with E-state index in [0.29, 0.717) is 0 Å². The topological polar surface area (TPSA) is 26.3 Å². The van der Waals surface area contributed by atoms with Crippen molar-refractivity contribution in [1.82, 2.24) is 0 Å². The minimum atomic E-state index is -0.696. The first kappa shape index (κ1) is 15.7. The molecule has 0 spiro atoms. The molecule has 0 radical (unpaired) electrons. The Bertz CT molecular complexity index is 685. The molecule has 0 bridgehead atoms. The molecule has 0 saturated carbocycles. The molecule has 0 aromatic heterocycles. The zero-order valence-electron chi connectivity index (χ0n) is 9.59. The first-order chi connectivity index (χ1) is 9.41. The summed E-state index contributed by atoms with van der Waals surface area (Å²) in [6.07, 6.45) is 0. The van der Waals surface area contributed by atoms with Gasteiger partial charge in [-0.3, -0.25) is 0 Å². The molecule has 0 aliphatic carbocycles. The van der Waals surface area contributed by atoms with Crippen molar-refractivity contribution in [3.05, 3.63) is 61.0 Å². The largest absolute Gasteiger partial charge is 0.420 e. The Morgan fingerprint density at radius 2 is 1.50 bits per heavy atom. The first-order valence-corrected chi connectivity index (χ1v) is 7.10. The Balaban J connectivity index is 2.39. The van der Waals surface area contributed by atoms with Gasteiger partial charge in [0.05, 0.1) is 25.7 Å². The van der Waals surface area contributed by atoms with E-state index in [0.717, 1.165) is 0 Å². The van der Waals surface area contributed by atoms with Crippen LogP contribution in [0.1, 0.15) is 10.4 Å². The van der Waals surface area contributed by atoms with Gasteiger partial charge in [-0.25, -0.2) is 4.79 Å². The lowest BCUT2D eigenvalue weighted by Crippen LogP contribution is -2.09. The molecule has 20 heavy (non-hydrogen) atoms.